The van der Waals surface area contributed by atoms with E-state index in [2.05, 4.69) is 20.4 Å². The van der Waals surface area contributed by atoms with Gasteiger partial charge in [-0.2, -0.15) is 5.10 Å². The van der Waals surface area contributed by atoms with E-state index >= 15 is 0 Å². The van der Waals surface area contributed by atoms with Gasteiger partial charge in [0.05, 0.1) is 18.5 Å². The molecule has 6 nitrogen and oxygen atoms in total. The predicted molar refractivity (Wildman–Crippen MR) is 70.8 cm³/mol. The van der Waals surface area contributed by atoms with Crippen LogP contribution in [0.5, 0.6) is 0 Å². The topological polar surface area (TPSA) is 72.7 Å². The molecular formula is C12H15N5OS. The first kappa shape index (κ1) is 12.3. The van der Waals surface area contributed by atoms with Crippen LogP contribution in [0.2, 0.25) is 0 Å². The lowest BCUT2D eigenvalue weighted by atomic mass is 10.1. The summed E-state index contributed by atoms with van der Waals surface area (Å²) in [6, 6.07) is 0.147. The van der Waals surface area contributed by atoms with Crippen LogP contribution in [0.1, 0.15) is 22.9 Å². The number of nitrogens with zero attached hydrogens (tertiary/aromatic N) is 4. The zero-order chi connectivity index (χ0) is 13.2. The summed E-state index contributed by atoms with van der Waals surface area (Å²) >= 11 is 1.51. The third-order valence-corrected chi connectivity index (χ3v) is 3.93. The van der Waals surface area contributed by atoms with Gasteiger partial charge in [-0.25, -0.2) is 9.67 Å². The maximum Gasteiger partial charge on any atom is 0.225 e. The van der Waals surface area contributed by atoms with Crippen molar-refractivity contribution in [3.63, 3.8) is 0 Å². The molecule has 0 saturated carbocycles. The minimum atomic E-state index is 0.0505. The third kappa shape index (κ3) is 2.81. The molecule has 0 aliphatic carbocycles. The maximum atomic E-state index is 11.9. The lowest BCUT2D eigenvalue weighted by Crippen LogP contribution is -2.41. The van der Waals surface area contributed by atoms with E-state index in [0.717, 1.165) is 29.4 Å². The van der Waals surface area contributed by atoms with E-state index in [1.54, 1.807) is 11.7 Å². The molecule has 1 aliphatic rings. The monoisotopic (exact) mass is 277 g/mol. The summed E-state index contributed by atoms with van der Waals surface area (Å²) in [4.78, 5) is 21.2. The Labute approximate surface area is 114 Å². The van der Waals surface area contributed by atoms with E-state index in [4.69, 9.17) is 0 Å². The highest BCUT2D eigenvalue weighted by Gasteiger charge is 2.22. The van der Waals surface area contributed by atoms with Crippen molar-refractivity contribution in [2.45, 2.75) is 38.8 Å². The summed E-state index contributed by atoms with van der Waals surface area (Å²) in [5.74, 6) is 1.87. The van der Waals surface area contributed by atoms with Gasteiger partial charge in [0.1, 0.15) is 11.6 Å². The van der Waals surface area contributed by atoms with Crippen molar-refractivity contribution in [2.24, 2.45) is 0 Å². The van der Waals surface area contributed by atoms with Gasteiger partial charge < -0.3 is 5.32 Å². The molecule has 1 amide bonds. The van der Waals surface area contributed by atoms with Crippen LogP contribution >= 0.6 is 11.3 Å². The Bertz CT molecular complexity index is 577. The number of aryl methyl sites for hydroxylation is 2. The maximum absolute atomic E-state index is 11.9. The third-order valence-electron chi connectivity index (χ3n) is 3.15. The Kier molecular flexibility index (Phi) is 3.29. The van der Waals surface area contributed by atoms with Gasteiger partial charge in [0, 0.05) is 23.5 Å². The fraction of sp³-hybridized carbons (Fsp3) is 0.500. The Morgan fingerprint density at radius 3 is 3.32 bits per heavy atom. The molecule has 0 radical (unpaired) electrons. The summed E-state index contributed by atoms with van der Waals surface area (Å²) in [6.45, 7) is 2.60. The molecule has 100 valence electrons. The SMILES string of the molecule is Cc1nc2n(n1)CC(NC(=O)Cc1cncs1)CC2. The Morgan fingerprint density at radius 2 is 2.53 bits per heavy atom. The number of aromatic nitrogens is 4. The predicted octanol–water partition coefficient (Wildman–Crippen LogP) is 0.717. The van der Waals surface area contributed by atoms with Crippen LogP contribution in [-0.2, 0) is 24.2 Å². The van der Waals surface area contributed by atoms with Gasteiger partial charge in [0.25, 0.3) is 0 Å². The number of carbonyl (C=O) groups is 1. The molecule has 2 aromatic rings. The number of hydrogen-bond donors (Lipinski definition) is 1. The average molecular weight is 277 g/mol. The van der Waals surface area contributed by atoms with Crippen LogP contribution in [0.3, 0.4) is 0 Å². The number of thiazole rings is 1. The Hall–Kier alpha value is -1.76. The molecule has 0 bridgehead atoms. The van der Waals surface area contributed by atoms with Crippen molar-refractivity contribution in [2.75, 3.05) is 0 Å². The fourth-order valence-electron chi connectivity index (χ4n) is 2.32. The molecule has 0 aromatic carbocycles. The normalized spacial score (nSPS) is 18.1. The van der Waals surface area contributed by atoms with E-state index in [0.29, 0.717) is 13.0 Å². The van der Waals surface area contributed by atoms with E-state index in [9.17, 15) is 4.79 Å². The zero-order valence-corrected chi connectivity index (χ0v) is 11.5. The highest BCUT2D eigenvalue weighted by molar-refractivity contribution is 7.09. The second kappa shape index (κ2) is 5.08. The van der Waals surface area contributed by atoms with Gasteiger partial charge in [-0.3, -0.25) is 9.78 Å². The number of carbonyl (C=O) groups excluding carboxylic acids is 1. The minimum absolute atomic E-state index is 0.0505. The Morgan fingerprint density at radius 1 is 1.63 bits per heavy atom. The smallest absolute Gasteiger partial charge is 0.225 e. The van der Waals surface area contributed by atoms with E-state index < -0.39 is 0 Å². The standard InChI is InChI=1S/C12H15N5OS/c1-8-14-11-3-2-9(6-17(11)16-8)15-12(18)4-10-5-13-7-19-10/h5,7,9H,2-4,6H2,1H3,(H,15,18). The van der Waals surface area contributed by atoms with Gasteiger partial charge in [0.15, 0.2) is 0 Å². The Balaban J connectivity index is 1.58. The number of fused-ring (bicyclic) bond motifs is 1. The van der Waals surface area contributed by atoms with Gasteiger partial charge in [-0.15, -0.1) is 11.3 Å². The lowest BCUT2D eigenvalue weighted by Gasteiger charge is -2.23. The van der Waals surface area contributed by atoms with Crippen molar-refractivity contribution < 1.29 is 4.79 Å². The van der Waals surface area contributed by atoms with Crippen molar-refractivity contribution in [3.05, 3.63) is 28.2 Å². The van der Waals surface area contributed by atoms with Gasteiger partial charge in [-0.1, -0.05) is 0 Å². The second-order valence-corrected chi connectivity index (χ2v) is 5.68. The summed E-state index contributed by atoms with van der Waals surface area (Å²) in [5, 5.41) is 7.39. The van der Waals surface area contributed by atoms with Crippen molar-refractivity contribution in [1.82, 2.24) is 25.1 Å². The first-order chi connectivity index (χ1) is 9.20. The number of rotatable bonds is 3. The van der Waals surface area contributed by atoms with Crippen LogP contribution in [0, 0.1) is 6.92 Å². The minimum Gasteiger partial charge on any atom is -0.351 e. The van der Waals surface area contributed by atoms with Gasteiger partial charge >= 0.3 is 0 Å². The van der Waals surface area contributed by atoms with Crippen LogP contribution in [0.25, 0.3) is 0 Å². The quantitative estimate of drug-likeness (QED) is 0.897. The summed E-state index contributed by atoms with van der Waals surface area (Å²) in [5.41, 5.74) is 1.74. The molecule has 0 fully saturated rings. The molecule has 7 heteroatoms. The van der Waals surface area contributed by atoms with Crippen LogP contribution in [0.4, 0.5) is 0 Å². The molecule has 1 N–H and O–H groups in total. The second-order valence-electron chi connectivity index (χ2n) is 4.70. The number of amides is 1. The van der Waals surface area contributed by atoms with Gasteiger partial charge in [0.2, 0.25) is 5.91 Å². The number of nitrogens with one attached hydrogen (secondary N) is 1. The average Bonchev–Trinajstić information content (AvgIpc) is 2.96. The molecule has 2 aromatic heterocycles. The summed E-state index contributed by atoms with van der Waals surface area (Å²) < 4.78 is 1.90. The molecule has 0 saturated heterocycles. The van der Waals surface area contributed by atoms with Crippen molar-refractivity contribution >= 4 is 17.2 Å². The van der Waals surface area contributed by atoms with E-state index in [-0.39, 0.29) is 11.9 Å². The molecule has 0 spiro atoms. The highest BCUT2D eigenvalue weighted by Crippen LogP contribution is 2.13. The van der Waals surface area contributed by atoms with Crippen molar-refractivity contribution in [1.29, 1.82) is 0 Å². The van der Waals surface area contributed by atoms with E-state index in [1.165, 1.54) is 11.3 Å². The van der Waals surface area contributed by atoms with Crippen molar-refractivity contribution in [3.8, 4) is 0 Å². The zero-order valence-electron chi connectivity index (χ0n) is 10.7. The molecule has 19 heavy (non-hydrogen) atoms. The molecule has 1 unspecified atom stereocenters. The molecule has 1 atom stereocenters. The lowest BCUT2D eigenvalue weighted by molar-refractivity contribution is -0.121. The van der Waals surface area contributed by atoms with E-state index in [1.807, 2.05) is 11.6 Å². The first-order valence-electron chi connectivity index (χ1n) is 6.28. The van der Waals surface area contributed by atoms with Crippen LogP contribution in [-0.4, -0.2) is 31.7 Å². The molecule has 3 rings (SSSR count). The molecule has 1 aliphatic heterocycles. The van der Waals surface area contributed by atoms with Gasteiger partial charge in [-0.05, 0) is 13.3 Å². The first-order valence-corrected chi connectivity index (χ1v) is 7.16. The summed E-state index contributed by atoms with van der Waals surface area (Å²) in [7, 11) is 0. The van der Waals surface area contributed by atoms with Crippen LogP contribution in [0.15, 0.2) is 11.7 Å². The highest BCUT2D eigenvalue weighted by atomic mass is 32.1. The summed E-state index contributed by atoms with van der Waals surface area (Å²) in [6.07, 6.45) is 3.94. The van der Waals surface area contributed by atoms with Crippen LogP contribution < -0.4 is 5.32 Å². The fourth-order valence-corrected chi connectivity index (χ4v) is 2.91. The molecule has 3 heterocycles. The molecular weight excluding hydrogens is 262 g/mol. The number of hydrogen-bond acceptors (Lipinski definition) is 5. The largest absolute Gasteiger partial charge is 0.351 e.